The van der Waals surface area contributed by atoms with E-state index in [1.165, 1.54) is 67.7 Å². The average Bonchev–Trinajstić information content (AvgIpc) is 3.92. The quantitative estimate of drug-likeness (QED) is 0.0599. The number of benzene rings is 2. The number of carbonyl (C=O) groups excluding carboxylic acids is 1. The lowest BCUT2D eigenvalue weighted by molar-refractivity contribution is 0.0519. The number of hydrogen-bond donors (Lipinski definition) is 7. The number of nitrogens with zero attached hydrogens (tertiary/aromatic N) is 6. The number of carbonyl (C=O) groups is 1. The maximum Gasteiger partial charge on any atom is 0.347 e. The zero-order valence-electron chi connectivity index (χ0n) is 38.7. The van der Waals surface area contributed by atoms with Crippen LogP contribution in [0.3, 0.4) is 0 Å². The van der Waals surface area contributed by atoms with E-state index in [0.717, 1.165) is 31.1 Å². The Balaban J connectivity index is 0.000000212. The van der Waals surface area contributed by atoms with Crippen molar-refractivity contribution >= 4 is 85.7 Å². The van der Waals surface area contributed by atoms with E-state index in [-0.39, 0.29) is 67.2 Å². The molecule has 7 rings (SSSR count). The highest BCUT2D eigenvalue weighted by molar-refractivity contribution is 7.92. The van der Waals surface area contributed by atoms with E-state index in [0.29, 0.717) is 30.9 Å². The lowest BCUT2D eigenvalue weighted by Gasteiger charge is -2.23. The standard InChI is InChI=1S/C19H22N6O6S2.C14H19N3O4.C7H11N3O4S2/c1-11(2)6-7-24-19(27)16(17(26)14-9-20-10-25(14)24)18-21-13-5-4-12(22-32(3,28)29)8-15(13)33(30,31)23-18;1-4-21-14(20)11-12(18)10-7-15-8-17(10)16(13(11)19)6-5-9(2)3;1-15(11,12)10-5-2-3-6(8)7(4-5)16(9,13)14/h4-5,8-11,21-23H,6-7H2,1-3H3;7-9,18H,4-6H2,1-3H3;2-4,10H,8H2,1H3,(H2,9,13,14). The Morgan fingerprint density at radius 3 is 1.86 bits per heavy atom. The van der Waals surface area contributed by atoms with Crippen LogP contribution in [0.5, 0.6) is 5.75 Å². The van der Waals surface area contributed by atoms with Crippen molar-refractivity contribution in [2.45, 2.75) is 70.3 Å². The first-order chi connectivity index (χ1) is 32.4. The lowest BCUT2D eigenvalue weighted by atomic mass is 10.1. The second-order valence-corrected chi connectivity index (χ2v) is 23.2. The first-order valence-corrected chi connectivity index (χ1v) is 27.7. The van der Waals surface area contributed by atoms with Crippen molar-refractivity contribution in [2.75, 3.05) is 39.6 Å². The van der Waals surface area contributed by atoms with Crippen molar-refractivity contribution < 1.29 is 48.3 Å². The molecule has 0 fully saturated rings. The summed E-state index contributed by atoms with van der Waals surface area (Å²) in [5.41, 5.74) is 3.75. The number of imidazole rings is 2. The van der Waals surface area contributed by atoms with Crippen molar-refractivity contribution in [2.24, 2.45) is 17.0 Å². The zero-order valence-corrected chi connectivity index (χ0v) is 42.0. The summed E-state index contributed by atoms with van der Waals surface area (Å²) in [5, 5.41) is 17.5. The first-order valence-electron chi connectivity index (χ1n) is 20.8. The molecule has 0 unspecified atom stereocenters. The van der Waals surface area contributed by atoms with E-state index in [1.54, 1.807) is 6.92 Å². The van der Waals surface area contributed by atoms with E-state index in [2.05, 4.69) is 29.5 Å². The van der Waals surface area contributed by atoms with E-state index < -0.39 is 68.4 Å². The molecule has 4 aromatic heterocycles. The Labute approximate surface area is 401 Å². The third-order valence-corrected chi connectivity index (χ3v) is 13.4. The molecule has 0 bridgehead atoms. The minimum absolute atomic E-state index is 0.0402. The van der Waals surface area contributed by atoms with Crippen molar-refractivity contribution in [3.63, 3.8) is 0 Å². The maximum absolute atomic E-state index is 13.3. The van der Waals surface area contributed by atoms with E-state index in [4.69, 9.17) is 15.6 Å². The van der Waals surface area contributed by atoms with Crippen LogP contribution in [0.15, 0.2) is 85.6 Å². The van der Waals surface area contributed by atoms with Gasteiger partial charge < -0.3 is 20.9 Å². The molecular formula is C40H52N12O14S4. The molecule has 70 heavy (non-hydrogen) atoms. The van der Waals surface area contributed by atoms with Gasteiger partial charge in [-0.05, 0) is 68.0 Å². The van der Waals surface area contributed by atoms with Crippen LogP contribution in [-0.4, -0.2) is 92.2 Å². The van der Waals surface area contributed by atoms with Crippen LogP contribution in [-0.2, 0) is 57.9 Å². The molecule has 1 aliphatic heterocycles. The van der Waals surface area contributed by atoms with Gasteiger partial charge in [0.05, 0.1) is 42.9 Å². The fraction of sp³-hybridized carbons (Fsp3) is 0.350. The number of rotatable bonds is 13. The number of nitrogen functional groups attached to an aromatic ring is 1. The topological polar surface area (TPSA) is 379 Å². The molecule has 0 radical (unpaired) electrons. The summed E-state index contributed by atoms with van der Waals surface area (Å²) in [4.78, 5) is 58.1. The summed E-state index contributed by atoms with van der Waals surface area (Å²) < 4.78 is 110. The summed E-state index contributed by atoms with van der Waals surface area (Å²) in [6, 6.07) is 7.51. The third kappa shape index (κ3) is 12.8. The Bertz CT molecular complexity index is 3700. The van der Waals surface area contributed by atoms with Crippen LogP contribution < -0.4 is 52.1 Å². The minimum Gasteiger partial charge on any atom is -0.505 e. The monoisotopic (exact) mass is 1050 g/mol. The predicted octanol–water partition coefficient (Wildman–Crippen LogP) is 0.175. The number of hydrogen-bond acceptors (Lipinski definition) is 18. The number of esters is 1. The SMILES string of the molecule is CC(C)CCn1c(=O)c(=C2Nc3ccc(NS(C)(=O)=O)cc3S(=O)(=O)N2)c(=O)c2cncn21.CCOC(=O)c1c(O)c2cncn2n(CCC(C)C)c1=O.CS(=O)(=O)Nc1ccc(N)c(S(N)(=O)=O)c1. The van der Waals surface area contributed by atoms with Crippen LogP contribution in [0.2, 0.25) is 0 Å². The van der Waals surface area contributed by atoms with Gasteiger partial charge in [0, 0.05) is 24.5 Å². The number of aryl methyl sites for hydroxylation is 2. The van der Waals surface area contributed by atoms with E-state index in [1.807, 2.05) is 27.7 Å². The number of ether oxygens (including phenoxy) is 1. The Kier molecular flexibility index (Phi) is 16.1. The number of fused-ring (bicyclic) bond motifs is 3. The second kappa shape index (κ2) is 20.9. The molecule has 0 aliphatic carbocycles. The van der Waals surface area contributed by atoms with Gasteiger partial charge in [0.25, 0.3) is 21.1 Å². The van der Waals surface area contributed by atoms with Gasteiger partial charge >= 0.3 is 5.97 Å². The van der Waals surface area contributed by atoms with Gasteiger partial charge in [-0.2, -0.15) is 0 Å². The molecule has 2 aromatic carbocycles. The fourth-order valence-electron chi connectivity index (χ4n) is 6.64. The molecule has 26 nitrogen and oxygen atoms in total. The number of sulfonamides is 4. The van der Waals surface area contributed by atoms with E-state index >= 15 is 0 Å². The van der Waals surface area contributed by atoms with Crippen LogP contribution in [0.4, 0.5) is 22.7 Å². The van der Waals surface area contributed by atoms with Gasteiger partial charge in [0.2, 0.25) is 35.5 Å². The minimum atomic E-state index is -4.22. The molecule has 1 aliphatic rings. The van der Waals surface area contributed by atoms with Gasteiger partial charge in [-0.25, -0.2) is 72.0 Å². The molecule has 5 heterocycles. The zero-order chi connectivity index (χ0) is 52.3. The molecule has 0 atom stereocenters. The van der Waals surface area contributed by atoms with Crippen LogP contribution in [0.25, 0.3) is 16.9 Å². The van der Waals surface area contributed by atoms with Crippen molar-refractivity contribution in [3.05, 3.63) is 103 Å². The van der Waals surface area contributed by atoms with Crippen LogP contribution >= 0.6 is 0 Å². The molecule has 0 amide bonds. The van der Waals surface area contributed by atoms with Gasteiger partial charge in [0.1, 0.15) is 44.5 Å². The highest BCUT2D eigenvalue weighted by atomic mass is 32.2. The van der Waals surface area contributed by atoms with Crippen molar-refractivity contribution in [1.82, 2.24) is 33.1 Å². The number of aromatic nitrogens is 6. The molecular weight excluding hydrogens is 1000 g/mol. The van der Waals surface area contributed by atoms with E-state index in [9.17, 15) is 58.0 Å². The summed E-state index contributed by atoms with van der Waals surface area (Å²) in [6.07, 6.45) is 8.81. The van der Waals surface area contributed by atoms with Gasteiger partial charge in [-0.1, -0.05) is 27.7 Å². The number of nitrogens with two attached hydrogens (primary N) is 2. The Hall–Kier alpha value is -7.02. The summed E-state index contributed by atoms with van der Waals surface area (Å²) in [7, 11) is -15.3. The number of nitrogens with one attached hydrogen (secondary N) is 4. The van der Waals surface area contributed by atoms with Crippen molar-refractivity contribution in [1.29, 1.82) is 0 Å². The second-order valence-electron chi connectivity index (χ2n) is 16.5. The smallest absolute Gasteiger partial charge is 0.347 e. The van der Waals surface area contributed by atoms with Crippen LogP contribution in [0, 0.1) is 11.8 Å². The highest BCUT2D eigenvalue weighted by Crippen LogP contribution is 2.30. The fourth-order valence-corrected chi connectivity index (χ4v) is 9.66. The molecule has 6 aromatic rings. The average molecular weight is 1050 g/mol. The molecule has 0 saturated heterocycles. The third-order valence-electron chi connectivity index (χ3n) is 9.86. The largest absolute Gasteiger partial charge is 0.505 e. The number of primary sulfonamides is 1. The lowest BCUT2D eigenvalue weighted by Crippen LogP contribution is -2.52. The Morgan fingerprint density at radius 2 is 1.33 bits per heavy atom. The summed E-state index contributed by atoms with van der Waals surface area (Å²) in [5.74, 6) is -0.802. The summed E-state index contributed by atoms with van der Waals surface area (Å²) in [6.45, 7) is 10.6. The van der Waals surface area contributed by atoms with Crippen molar-refractivity contribution in [3.8, 4) is 5.75 Å². The molecule has 30 heteroatoms. The van der Waals surface area contributed by atoms with Gasteiger partial charge in [0.15, 0.2) is 11.3 Å². The Morgan fingerprint density at radius 1 is 0.814 bits per heavy atom. The molecule has 9 N–H and O–H groups in total. The number of aromatic hydroxyl groups is 1. The van der Waals surface area contributed by atoms with Gasteiger partial charge in [-0.15, -0.1) is 0 Å². The number of anilines is 4. The van der Waals surface area contributed by atoms with Gasteiger partial charge in [-0.3, -0.25) is 28.5 Å². The highest BCUT2D eigenvalue weighted by Gasteiger charge is 2.29. The first kappa shape index (κ1) is 53.9. The molecule has 380 valence electrons. The predicted molar refractivity (Wildman–Crippen MR) is 260 cm³/mol. The normalized spacial score (nSPS) is 14.1. The maximum atomic E-state index is 13.3. The molecule has 0 saturated carbocycles. The summed E-state index contributed by atoms with van der Waals surface area (Å²) >= 11 is 0. The molecule has 0 spiro atoms. The van der Waals surface area contributed by atoms with Crippen LogP contribution in [0.1, 0.15) is 57.8 Å².